The van der Waals surface area contributed by atoms with Crippen LogP contribution < -0.4 is 10.6 Å². The van der Waals surface area contributed by atoms with Crippen molar-refractivity contribution in [3.63, 3.8) is 0 Å². The molecule has 8 heteroatoms. The second-order valence-electron chi connectivity index (χ2n) is 6.95. The summed E-state index contributed by atoms with van der Waals surface area (Å²) < 4.78 is 30.2. The van der Waals surface area contributed by atoms with Crippen LogP contribution in [-0.4, -0.2) is 51.9 Å². The van der Waals surface area contributed by atoms with Crippen LogP contribution in [0.4, 0.5) is 0 Å². The zero-order valence-corrected chi connectivity index (χ0v) is 17.4. The maximum absolute atomic E-state index is 6.13. The van der Waals surface area contributed by atoms with E-state index in [0.29, 0.717) is 19.8 Å². The van der Waals surface area contributed by atoms with Gasteiger partial charge in [-0.1, -0.05) is 6.07 Å². The van der Waals surface area contributed by atoms with E-state index in [2.05, 4.69) is 4.98 Å². The second kappa shape index (κ2) is 7.86. The molecule has 0 aromatic carbocycles. The average Bonchev–Trinajstić information content (AvgIpc) is 2.76. The molecule has 2 rings (SSSR count). The lowest BCUT2D eigenvalue weighted by molar-refractivity contribution is 0.00578. The molecule has 1 aromatic heterocycles. The molecule has 0 unspecified atom stereocenters. The molecule has 2 heterocycles. The summed E-state index contributed by atoms with van der Waals surface area (Å²) in [5.74, 6) is 0. The minimum Gasteiger partial charge on any atom is -0.399 e. The highest BCUT2D eigenvalue weighted by molar-refractivity contribution is 6.76. The van der Waals surface area contributed by atoms with E-state index in [1.165, 1.54) is 0 Å². The third kappa shape index (κ3) is 4.15. The van der Waals surface area contributed by atoms with Gasteiger partial charge in [-0.3, -0.25) is 4.98 Å². The van der Waals surface area contributed by atoms with Crippen LogP contribution in [0.3, 0.4) is 0 Å². The fraction of sp³-hybridized carbons (Fsp3) is 0.706. The van der Waals surface area contributed by atoms with Crippen molar-refractivity contribution >= 4 is 26.6 Å². The lowest BCUT2D eigenvalue weighted by Gasteiger charge is -2.32. The van der Waals surface area contributed by atoms with Gasteiger partial charge in [-0.15, -0.1) is 0 Å². The van der Waals surface area contributed by atoms with Gasteiger partial charge in [-0.05, 0) is 48.5 Å². The third-order valence-corrected chi connectivity index (χ3v) is 7.63. The minimum absolute atomic E-state index is 0.401. The SMILES string of the molecule is CCO[Si](OCC)(OCC)c1cncc(B2OC(C)(C)C(C)(C)O2)c1. The Kier molecular flexibility index (Phi) is 6.46. The number of hydrogen-bond acceptors (Lipinski definition) is 6. The van der Waals surface area contributed by atoms with E-state index >= 15 is 0 Å². The summed E-state index contributed by atoms with van der Waals surface area (Å²) in [4.78, 5) is 4.37. The molecular formula is C17H30BNO5Si. The zero-order chi connectivity index (χ0) is 18.7. The second-order valence-corrected chi connectivity index (χ2v) is 9.51. The van der Waals surface area contributed by atoms with Crippen LogP contribution in [0.1, 0.15) is 48.5 Å². The summed E-state index contributed by atoms with van der Waals surface area (Å²) in [6.45, 7) is 15.5. The summed E-state index contributed by atoms with van der Waals surface area (Å²) in [5.41, 5.74) is 0.0382. The smallest absolute Gasteiger partial charge is 0.399 e. The molecule has 0 radical (unpaired) electrons. The van der Waals surface area contributed by atoms with Gasteiger partial charge in [-0.2, -0.15) is 0 Å². The minimum atomic E-state index is -3.00. The highest BCUT2D eigenvalue weighted by Gasteiger charge is 2.52. The highest BCUT2D eigenvalue weighted by atomic mass is 28.4. The van der Waals surface area contributed by atoms with Gasteiger partial charge in [0.05, 0.1) is 11.2 Å². The first-order chi connectivity index (χ1) is 11.7. The molecule has 140 valence electrons. The van der Waals surface area contributed by atoms with Gasteiger partial charge in [0.1, 0.15) is 0 Å². The number of hydrogen-bond donors (Lipinski definition) is 0. The van der Waals surface area contributed by atoms with Gasteiger partial charge >= 0.3 is 15.9 Å². The molecule has 6 nitrogen and oxygen atoms in total. The summed E-state index contributed by atoms with van der Waals surface area (Å²) in [7, 11) is -3.48. The van der Waals surface area contributed by atoms with Crippen LogP contribution in [0.15, 0.2) is 18.5 Å². The first kappa shape index (κ1) is 20.5. The van der Waals surface area contributed by atoms with Crippen LogP contribution in [-0.2, 0) is 22.6 Å². The van der Waals surface area contributed by atoms with Crippen molar-refractivity contribution in [3.05, 3.63) is 18.5 Å². The van der Waals surface area contributed by atoms with Crippen molar-refractivity contribution < 1.29 is 22.6 Å². The molecule has 0 aliphatic carbocycles. The van der Waals surface area contributed by atoms with Gasteiger partial charge in [-0.25, -0.2) is 0 Å². The van der Waals surface area contributed by atoms with Crippen LogP contribution in [0.5, 0.6) is 0 Å². The number of pyridine rings is 1. The normalized spacial score (nSPS) is 19.4. The molecule has 1 fully saturated rings. The van der Waals surface area contributed by atoms with Gasteiger partial charge in [0.15, 0.2) is 0 Å². The van der Waals surface area contributed by atoms with E-state index < -0.39 is 27.1 Å². The fourth-order valence-corrected chi connectivity index (χ4v) is 5.14. The summed E-state index contributed by atoms with van der Waals surface area (Å²) in [6, 6.07) is 1.97. The van der Waals surface area contributed by atoms with Crippen molar-refractivity contribution in [2.75, 3.05) is 19.8 Å². The summed E-state index contributed by atoms with van der Waals surface area (Å²) in [5, 5.41) is 0.824. The van der Waals surface area contributed by atoms with E-state index in [-0.39, 0.29) is 0 Å². The first-order valence-corrected chi connectivity index (χ1v) is 10.7. The lowest BCUT2D eigenvalue weighted by atomic mass is 9.80. The zero-order valence-electron chi connectivity index (χ0n) is 16.4. The van der Waals surface area contributed by atoms with Crippen molar-refractivity contribution in [1.82, 2.24) is 4.98 Å². The van der Waals surface area contributed by atoms with Gasteiger partial charge in [0, 0.05) is 42.9 Å². The Bertz CT molecular complexity index is 551. The van der Waals surface area contributed by atoms with E-state index in [4.69, 9.17) is 22.6 Å². The number of aromatic nitrogens is 1. The Labute approximate surface area is 152 Å². The predicted molar refractivity (Wildman–Crippen MR) is 100 cm³/mol. The Balaban J connectivity index is 2.37. The Morgan fingerprint density at radius 3 is 1.84 bits per heavy atom. The maximum atomic E-state index is 6.13. The van der Waals surface area contributed by atoms with Crippen LogP contribution in [0.25, 0.3) is 0 Å². The van der Waals surface area contributed by atoms with E-state index in [1.807, 2.05) is 54.5 Å². The predicted octanol–water partition coefficient (Wildman–Crippen LogP) is 1.64. The molecule has 1 saturated heterocycles. The average molecular weight is 367 g/mol. The molecule has 1 aliphatic rings. The molecule has 25 heavy (non-hydrogen) atoms. The Morgan fingerprint density at radius 1 is 0.920 bits per heavy atom. The molecule has 0 bridgehead atoms. The van der Waals surface area contributed by atoms with E-state index in [1.54, 1.807) is 12.4 Å². The topological polar surface area (TPSA) is 59.0 Å². The Hall–Kier alpha value is -0.768. The first-order valence-electron chi connectivity index (χ1n) is 8.94. The monoisotopic (exact) mass is 367 g/mol. The van der Waals surface area contributed by atoms with Crippen molar-refractivity contribution in [2.45, 2.75) is 59.7 Å². The van der Waals surface area contributed by atoms with Crippen molar-refractivity contribution in [3.8, 4) is 0 Å². The summed E-state index contributed by atoms with van der Waals surface area (Å²) >= 11 is 0. The van der Waals surface area contributed by atoms with Crippen LogP contribution in [0, 0.1) is 0 Å². The Morgan fingerprint density at radius 2 is 1.40 bits per heavy atom. The molecule has 0 spiro atoms. The van der Waals surface area contributed by atoms with Gasteiger partial charge < -0.3 is 22.6 Å². The van der Waals surface area contributed by atoms with Crippen molar-refractivity contribution in [2.24, 2.45) is 0 Å². The van der Waals surface area contributed by atoms with Crippen LogP contribution >= 0.6 is 0 Å². The highest BCUT2D eigenvalue weighted by Crippen LogP contribution is 2.36. The van der Waals surface area contributed by atoms with Crippen LogP contribution in [0.2, 0.25) is 0 Å². The molecule has 0 N–H and O–H groups in total. The quantitative estimate of drug-likeness (QED) is 0.651. The van der Waals surface area contributed by atoms with Crippen molar-refractivity contribution in [1.29, 1.82) is 0 Å². The number of rotatable bonds is 8. The maximum Gasteiger partial charge on any atom is 0.538 e. The van der Waals surface area contributed by atoms with E-state index in [9.17, 15) is 0 Å². The molecule has 0 saturated carbocycles. The lowest BCUT2D eigenvalue weighted by Crippen LogP contribution is -2.58. The largest absolute Gasteiger partial charge is 0.538 e. The van der Waals surface area contributed by atoms with Gasteiger partial charge in [0.25, 0.3) is 0 Å². The fourth-order valence-electron chi connectivity index (χ4n) is 2.68. The standard InChI is InChI=1S/C17H30BNO5Si/c1-8-20-25(21-9-2,22-10-3)15-11-14(12-19-13-15)18-23-16(4,5)17(6,7)24-18/h11-13H,8-10H2,1-7H3. The molecule has 0 amide bonds. The van der Waals surface area contributed by atoms with Gasteiger partial charge in [0.2, 0.25) is 0 Å². The summed E-state index contributed by atoms with van der Waals surface area (Å²) in [6.07, 6.45) is 3.51. The molecule has 1 aliphatic heterocycles. The van der Waals surface area contributed by atoms with E-state index in [0.717, 1.165) is 10.6 Å². The molecule has 1 aromatic rings. The number of nitrogens with zero attached hydrogens (tertiary/aromatic N) is 1. The molecule has 0 atom stereocenters. The molecular weight excluding hydrogens is 337 g/mol. The third-order valence-electron chi connectivity index (χ3n) is 4.64.